The molecule has 1 N–H and O–H groups in total. The number of rotatable bonds is 5. The van der Waals surface area contributed by atoms with E-state index in [2.05, 4.69) is 36.1 Å². The smallest absolute Gasteiger partial charge is 0.306 e. The van der Waals surface area contributed by atoms with Crippen LogP contribution < -0.4 is 4.90 Å². The Hall–Kier alpha value is -1.51. The average molecular weight is 247 g/mol. The van der Waals surface area contributed by atoms with Gasteiger partial charge >= 0.3 is 5.97 Å². The first-order chi connectivity index (χ1) is 8.63. The van der Waals surface area contributed by atoms with Gasteiger partial charge in [-0.3, -0.25) is 4.79 Å². The van der Waals surface area contributed by atoms with E-state index in [0.717, 1.165) is 25.8 Å². The molecule has 0 radical (unpaired) electrons. The van der Waals surface area contributed by atoms with Gasteiger partial charge in [-0.15, -0.1) is 0 Å². The molecule has 1 aromatic rings. The van der Waals surface area contributed by atoms with E-state index in [1.165, 1.54) is 11.3 Å². The Morgan fingerprint density at radius 2 is 2.22 bits per heavy atom. The fourth-order valence-electron chi connectivity index (χ4n) is 2.79. The molecule has 2 atom stereocenters. The number of benzene rings is 1. The van der Waals surface area contributed by atoms with Crippen LogP contribution in [0.2, 0.25) is 0 Å². The lowest BCUT2D eigenvalue weighted by molar-refractivity contribution is -0.141. The number of carboxylic acids is 1. The third kappa shape index (κ3) is 2.50. The van der Waals surface area contributed by atoms with E-state index < -0.39 is 5.97 Å². The monoisotopic (exact) mass is 247 g/mol. The van der Waals surface area contributed by atoms with E-state index in [1.807, 2.05) is 0 Å². The Balaban J connectivity index is 2.15. The molecular weight excluding hydrogens is 226 g/mol. The van der Waals surface area contributed by atoms with Crippen LogP contribution in [0.3, 0.4) is 0 Å². The van der Waals surface area contributed by atoms with Gasteiger partial charge in [0.1, 0.15) is 0 Å². The van der Waals surface area contributed by atoms with Gasteiger partial charge in [-0.05, 0) is 30.9 Å². The molecule has 3 nitrogen and oxygen atoms in total. The van der Waals surface area contributed by atoms with Crippen molar-refractivity contribution in [2.24, 2.45) is 5.92 Å². The molecule has 0 saturated carbocycles. The van der Waals surface area contributed by atoms with Crippen LogP contribution in [0, 0.1) is 5.92 Å². The van der Waals surface area contributed by atoms with Gasteiger partial charge in [-0.1, -0.05) is 32.0 Å². The van der Waals surface area contributed by atoms with Crippen molar-refractivity contribution in [1.29, 1.82) is 0 Å². The van der Waals surface area contributed by atoms with Crippen LogP contribution in [-0.2, 0) is 11.2 Å². The summed E-state index contributed by atoms with van der Waals surface area (Å²) in [5, 5.41) is 9.06. The summed E-state index contributed by atoms with van der Waals surface area (Å²) in [7, 11) is 0. The molecular formula is C15H21NO2. The summed E-state index contributed by atoms with van der Waals surface area (Å²) >= 11 is 0. The van der Waals surface area contributed by atoms with E-state index >= 15 is 0 Å². The molecule has 0 saturated heterocycles. The lowest BCUT2D eigenvalue weighted by atomic mass is 9.99. The highest BCUT2D eigenvalue weighted by molar-refractivity contribution is 5.70. The molecule has 1 aromatic carbocycles. The topological polar surface area (TPSA) is 40.5 Å². The molecule has 0 bridgehead atoms. The van der Waals surface area contributed by atoms with E-state index in [0.29, 0.717) is 6.04 Å². The Kier molecular flexibility index (Phi) is 3.90. The molecule has 2 unspecified atom stereocenters. The van der Waals surface area contributed by atoms with E-state index in [4.69, 9.17) is 5.11 Å². The van der Waals surface area contributed by atoms with Crippen LogP contribution in [0.1, 0.15) is 32.3 Å². The number of fused-ring (bicyclic) bond motifs is 1. The third-order valence-corrected chi connectivity index (χ3v) is 3.71. The minimum absolute atomic E-state index is 0.274. The largest absolute Gasteiger partial charge is 0.481 e. The summed E-state index contributed by atoms with van der Waals surface area (Å²) in [4.78, 5) is 13.4. The zero-order valence-corrected chi connectivity index (χ0v) is 11.1. The van der Waals surface area contributed by atoms with Gasteiger partial charge < -0.3 is 10.0 Å². The summed E-state index contributed by atoms with van der Waals surface area (Å²) in [6.45, 7) is 4.97. The second-order valence-corrected chi connectivity index (χ2v) is 5.16. The zero-order valence-electron chi connectivity index (χ0n) is 11.1. The highest BCUT2D eigenvalue weighted by atomic mass is 16.4. The predicted molar refractivity (Wildman–Crippen MR) is 73.0 cm³/mol. The molecule has 0 aromatic heterocycles. The zero-order chi connectivity index (χ0) is 13.1. The van der Waals surface area contributed by atoms with Gasteiger partial charge in [-0.2, -0.15) is 0 Å². The predicted octanol–water partition coefficient (Wildman–Crippen LogP) is 2.94. The van der Waals surface area contributed by atoms with Crippen LogP contribution in [0.5, 0.6) is 0 Å². The van der Waals surface area contributed by atoms with Gasteiger partial charge in [-0.25, -0.2) is 0 Å². The number of nitrogens with zero attached hydrogens (tertiary/aromatic N) is 1. The van der Waals surface area contributed by atoms with Crippen molar-refractivity contribution < 1.29 is 9.90 Å². The SMILES string of the molecule is CCCN1c2ccccc2CC1CC(C)C(=O)O. The fraction of sp³-hybridized carbons (Fsp3) is 0.533. The highest BCUT2D eigenvalue weighted by Crippen LogP contribution is 2.34. The maximum Gasteiger partial charge on any atom is 0.306 e. The Labute approximate surface area is 108 Å². The second-order valence-electron chi connectivity index (χ2n) is 5.16. The standard InChI is InChI=1S/C15H21NO2/c1-3-8-16-13(9-11(2)15(17)18)10-12-6-4-5-7-14(12)16/h4-7,11,13H,3,8-10H2,1-2H3,(H,17,18). The molecule has 18 heavy (non-hydrogen) atoms. The van der Waals surface area contributed by atoms with Gasteiger partial charge in [0.25, 0.3) is 0 Å². The maximum atomic E-state index is 11.0. The third-order valence-electron chi connectivity index (χ3n) is 3.71. The van der Waals surface area contributed by atoms with Crippen molar-refractivity contribution in [3.05, 3.63) is 29.8 Å². The van der Waals surface area contributed by atoms with E-state index in [1.54, 1.807) is 6.92 Å². The van der Waals surface area contributed by atoms with E-state index in [9.17, 15) is 4.79 Å². The molecule has 0 fully saturated rings. The highest BCUT2D eigenvalue weighted by Gasteiger charge is 2.30. The number of para-hydroxylation sites is 1. The van der Waals surface area contributed by atoms with Crippen LogP contribution in [0.4, 0.5) is 5.69 Å². The minimum atomic E-state index is -0.692. The Morgan fingerprint density at radius 1 is 1.50 bits per heavy atom. The number of aliphatic carboxylic acids is 1. The van der Waals surface area contributed by atoms with Crippen LogP contribution in [0.25, 0.3) is 0 Å². The van der Waals surface area contributed by atoms with Crippen molar-refractivity contribution in [3.8, 4) is 0 Å². The summed E-state index contributed by atoms with van der Waals surface area (Å²) in [5.74, 6) is -0.967. The van der Waals surface area contributed by atoms with Crippen molar-refractivity contribution in [2.75, 3.05) is 11.4 Å². The van der Waals surface area contributed by atoms with Crippen molar-refractivity contribution in [1.82, 2.24) is 0 Å². The summed E-state index contributed by atoms with van der Waals surface area (Å²) < 4.78 is 0. The molecule has 2 rings (SSSR count). The molecule has 1 heterocycles. The molecule has 1 aliphatic rings. The lowest BCUT2D eigenvalue weighted by Gasteiger charge is -2.28. The first kappa shape index (κ1) is 12.9. The van der Waals surface area contributed by atoms with Crippen LogP contribution >= 0.6 is 0 Å². The van der Waals surface area contributed by atoms with Crippen molar-refractivity contribution in [3.63, 3.8) is 0 Å². The molecule has 1 aliphatic heterocycles. The first-order valence-corrected chi connectivity index (χ1v) is 6.70. The molecule has 98 valence electrons. The van der Waals surface area contributed by atoms with Gasteiger partial charge in [0.15, 0.2) is 0 Å². The number of carbonyl (C=O) groups is 1. The summed E-state index contributed by atoms with van der Waals surface area (Å²) in [6, 6.07) is 8.77. The fourth-order valence-corrected chi connectivity index (χ4v) is 2.79. The molecule has 0 spiro atoms. The van der Waals surface area contributed by atoms with Gasteiger partial charge in [0, 0.05) is 18.3 Å². The van der Waals surface area contributed by atoms with E-state index in [-0.39, 0.29) is 5.92 Å². The Bertz CT molecular complexity index is 430. The molecule has 0 amide bonds. The number of carboxylic acid groups (broad SMARTS) is 1. The quantitative estimate of drug-likeness (QED) is 0.869. The average Bonchev–Trinajstić information content (AvgIpc) is 2.68. The van der Waals surface area contributed by atoms with Crippen molar-refractivity contribution >= 4 is 11.7 Å². The summed E-state index contributed by atoms with van der Waals surface area (Å²) in [5.41, 5.74) is 2.65. The Morgan fingerprint density at radius 3 is 2.89 bits per heavy atom. The van der Waals surface area contributed by atoms with Crippen molar-refractivity contribution in [2.45, 2.75) is 39.2 Å². The first-order valence-electron chi connectivity index (χ1n) is 6.70. The van der Waals surface area contributed by atoms with Crippen LogP contribution in [-0.4, -0.2) is 23.7 Å². The van der Waals surface area contributed by atoms with Gasteiger partial charge in [0.05, 0.1) is 5.92 Å². The number of anilines is 1. The maximum absolute atomic E-state index is 11.0. The van der Waals surface area contributed by atoms with Crippen LogP contribution in [0.15, 0.2) is 24.3 Å². The lowest BCUT2D eigenvalue weighted by Crippen LogP contribution is -2.35. The summed E-state index contributed by atoms with van der Waals surface area (Å²) in [6.07, 6.45) is 2.80. The molecule has 0 aliphatic carbocycles. The second kappa shape index (κ2) is 5.42. The minimum Gasteiger partial charge on any atom is -0.481 e. The molecule has 3 heteroatoms. The number of hydrogen-bond donors (Lipinski definition) is 1. The van der Waals surface area contributed by atoms with Gasteiger partial charge in [0.2, 0.25) is 0 Å². The number of hydrogen-bond acceptors (Lipinski definition) is 2. The normalized spacial score (nSPS) is 19.7.